The number of nitrogens with zero attached hydrogens (tertiary/aromatic N) is 1. The second-order valence-electron chi connectivity index (χ2n) is 6.08. The number of anilines is 1. The van der Waals surface area contributed by atoms with Crippen LogP contribution < -0.4 is 5.32 Å². The number of nitrogens with one attached hydrogen (secondary N) is 1. The number of aliphatic hydroxyl groups excluding tert-OH is 1. The van der Waals surface area contributed by atoms with Crippen LogP contribution in [0.5, 0.6) is 0 Å². The van der Waals surface area contributed by atoms with Crippen molar-refractivity contribution in [2.45, 2.75) is 11.5 Å². The highest BCUT2D eigenvalue weighted by molar-refractivity contribution is 7.99. The van der Waals surface area contributed by atoms with E-state index >= 15 is 0 Å². The van der Waals surface area contributed by atoms with Crippen molar-refractivity contribution in [3.63, 3.8) is 0 Å². The van der Waals surface area contributed by atoms with Gasteiger partial charge in [-0.15, -0.1) is 0 Å². The number of carbonyl (C=O) groups is 1. The first-order valence-corrected chi connectivity index (χ1v) is 11.0. The van der Waals surface area contributed by atoms with E-state index in [4.69, 9.17) is 0 Å². The fourth-order valence-corrected chi connectivity index (χ4v) is 5.59. The molecule has 0 saturated carbocycles. The third-order valence-electron chi connectivity index (χ3n) is 4.27. The third-order valence-corrected chi connectivity index (χ3v) is 7.19. The molecule has 6 nitrogen and oxygen atoms in total. The molecule has 0 atom stereocenters. The Morgan fingerprint density at radius 3 is 2.46 bits per heavy atom. The molecule has 28 heavy (non-hydrogen) atoms. The molecule has 0 aromatic heterocycles. The molecule has 1 aliphatic heterocycles. The predicted octanol–water partition coefficient (Wildman–Crippen LogP) is 2.45. The second-order valence-corrected chi connectivity index (χ2v) is 9.21. The zero-order valence-electron chi connectivity index (χ0n) is 14.7. The Morgan fingerprint density at radius 1 is 1.11 bits per heavy atom. The topological polar surface area (TPSA) is 86.7 Å². The van der Waals surface area contributed by atoms with Crippen LogP contribution in [0, 0.1) is 11.6 Å². The number of sulfonamides is 1. The van der Waals surface area contributed by atoms with Crippen molar-refractivity contribution in [2.75, 3.05) is 29.9 Å². The molecule has 1 fully saturated rings. The fourth-order valence-electron chi connectivity index (χ4n) is 2.77. The highest BCUT2D eigenvalue weighted by Crippen LogP contribution is 2.25. The van der Waals surface area contributed by atoms with Crippen LogP contribution in [0.25, 0.3) is 0 Å². The lowest BCUT2D eigenvalue weighted by Crippen LogP contribution is -2.38. The van der Waals surface area contributed by atoms with E-state index in [9.17, 15) is 27.1 Å². The van der Waals surface area contributed by atoms with Crippen molar-refractivity contribution in [1.29, 1.82) is 0 Å². The van der Waals surface area contributed by atoms with Gasteiger partial charge in [0.1, 0.15) is 0 Å². The van der Waals surface area contributed by atoms with Gasteiger partial charge < -0.3 is 10.4 Å². The van der Waals surface area contributed by atoms with Crippen molar-refractivity contribution in [3.05, 3.63) is 59.2 Å². The van der Waals surface area contributed by atoms with Gasteiger partial charge in [0, 0.05) is 41.9 Å². The van der Waals surface area contributed by atoms with Crippen LogP contribution in [0.2, 0.25) is 0 Å². The largest absolute Gasteiger partial charge is 0.392 e. The van der Waals surface area contributed by atoms with Crippen LogP contribution in [-0.2, 0) is 16.6 Å². The lowest BCUT2D eigenvalue weighted by atomic mass is 10.1. The average molecular weight is 428 g/mol. The molecule has 2 N–H and O–H groups in total. The molecular formula is C18H18F2N2O4S2. The molecular weight excluding hydrogens is 410 g/mol. The average Bonchev–Trinajstić information content (AvgIpc) is 2.71. The Bertz CT molecular complexity index is 993. The summed E-state index contributed by atoms with van der Waals surface area (Å²) in [5, 5.41) is 11.9. The molecule has 1 aliphatic rings. The fraction of sp³-hybridized carbons (Fsp3) is 0.278. The summed E-state index contributed by atoms with van der Waals surface area (Å²) in [6, 6.07) is 6.83. The normalized spacial score (nSPS) is 15.4. The maximum atomic E-state index is 13.3. The summed E-state index contributed by atoms with van der Waals surface area (Å²) in [7, 11) is -3.88. The van der Waals surface area contributed by atoms with E-state index < -0.39 is 34.2 Å². The van der Waals surface area contributed by atoms with Gasteiger partial charge in [0.15, 0.2) is 11.6 Å². The van der Waals surface area contributed by atoms with Crippen LogP contribution >= 0.6 is 11.8 Å². The van der Waals surface area contributed by atoms with E-state index in [1.54, 1.807) is 11.8 Å². The molecule has 0 spiro atoms. The lowest BCUT2D eigenvalue weighted by molar-refractivity contribution is 0.102. The van der Waals surface area contributed by atoms with Crippen molar-refractivity contribution in [2.24, 2.45) is 0 Å². The summed E-state index contributed by atoms with van der Waals surface area (Å²) in [4.78, 5) is 12.3. The molecule has 2 aromatic rings. The van der Waals surface area contributed by atoms with Gasteiger partial charge in [-0.25, -0.2) is 17.2 Å². The number of hydrogen-bond acceptors (Lipinski definition) is 5. The minimum atomic E-state index is -3.88. The molecule has 10 heteroatoms. The second kappa shape index (κ2) is 8.56. The van der Waals surface area contributed by atoms with Crippen molar-refractivity contribution in [3.8, 4) is 0 Å². The first kappa shape index (κ1) is 20.7. The third kappa shape index (κ3) is 4.35. The van der Waals surface area contributed by atoms with E-state index in [0.29, 0.717) is 24.6 Å². The van der Waals surface area contributed by atoms with Crippen LogP contribution in [0.1, 0.15) is 15.9 Å². The minimum absolute atomic E-state index is 0.0203. The number of benzene rings is 2. The summed E-state index contributed by atoms with van der Waals surface area (Å²) in [5.74, 6) is -1.49. The number of halogens is 2. The Morgan fingerprint density at radius 2 is 1.82 bits per heavy atom. The number of amides is 1. The Balaban J connectivity index is 1.91. The zero-order valence-corrected chi connectivity index (χ0v) is 16.3. The van der Waals surface area contributed by atoms with Gasteiger partial charge in [-0.05, 0) is 29.8 Å². The molecule has 0 bridgehead atoms. The Hall–Kier alpha value is -2.01. The smallest absolute Gasteiger partial charge is 0.255 e. The van der Waals surface area contributed by atoms with Gasteiger partial charge in [-0.2, -0.15) is 16.1 Å². The number of rotatable bonds is 5. The summed E-state index contributed by atoms with van der Waals surface area (Å²) < 4.78 is 53.6. The van der Waals surface area contributed by atoms with E-state index in [0.717, 1.165) is 12.1 Å². The monoisotopic (exact) mass is 428 g/mol. The number of carbonyl (C=O) groups excluding carboxylic acids is 1. The molecule has 2 aromatic carbocycles. The van der Waals surface area contributed by atoms with E-state index in [2.05, 4.69) is 5.32 Å². The molecule has 1 amide bonds. The van der Waals surface area contributed by atoms with E-state index in [1.807, 2.05) is 0 Å². The predicted molar refractivity (Wildman–Crippen MR) is 103 cm³/mol. The highest BCUT2D eigenvalue weighted by atomic mass is 32.2. The van der Waals surface area contributed by atoms with Crippen LogP contribution in [0.4, 0.5) is 14.5 Å². The van der Waals surface area contributed by atoms with Crippen molar-refractivity contribution >= 4 is 33.4 Å². The van der Waals surface area contributed by atoms with Gasteiger partial charge in [-0.1, -0.05) is 6.07 Å². The summed E-state index contributed by atoms with van der Waals surface area (Å²) >= 11 is 1.65. The number of aliphatic hydroxyl groups is 1. The maximum Gasteiger partial charge on any atom is 0.255 e. The lowest BCUT2D eigenvalue weighted by Gasteiger charge is -2.26. The molecule has 1 heterocycles. The van der Waals surface area contributed by atoms with Gasteiger partial charge in [0.05, 0.1) is 11.5 Å². The van der Waals surface area contributed by atoms with Crippen LogP contribution in [0.3, 0.4) is 0 Å². The molecule has 150 valence electrons. The Kier molecular flexibility index (Phi) is 6.33. The number of thioether (sulfide) groups is 1. The summed E-state index contributed by atoms with van der Waals surface area (Å²) in [6.45, 7) is 0.203. The van der Waals surface area contributed by atoms with Gasteiger partial charge in [-0.3, -0.25) is 4.79 Å². The van der Waals surface area contributed by atoms with E-state index in [1.165, 1.54) is 28.6 Å². The standard InChI is InChI=1S/C18H18F2N2O4S2/c19-15-4-3-14(10-16(15)20)21-18(24)12-1-2-13(11-23)17(9-12)28(25,26)22-5-7-27-8-6-22/h1-4,9-10,23H,5-8,11H2,(H,21,24). The van der Waals surface area contributed by atoms with Gasteiger partial charge in [0.2, 0.25) is 10.0 Å². The SMILES string of the molecule is O=C(Nc1ccc(F)c(F)c1)c1ccc(CO)c(S(=O)(=O)N2CCSCC2)c1. The first-order valence-electron chi connectivity index (χ1n) is 8.41. The molecule has 0 radical (unpaired) electrons. The van der Waals surface area contributed by atoms with Crippen molar-refractivity contribution < 1.29 is 27.1 Å². The van der Waals surface area contributed by atoms with Crippen molar-refractivity contribution in [1.82, 2.24) is 4.31 Å². The van der Waals surface area contributed by atoms with Crippen LogP contribution in [0.15, 0.2) is 41.3 Å². The van der Waals surface area contributed by atoms with Gasteiger partial charge >= 0.3 is 0 Å². The Labute approximate surface area is 165 Å². The maximum absolute atomic E-state index is 13.3. The first-order chi connectivity index (χ1) is 13.3. The summed E-state index contributed by atoms with van der Waals surface area (Å²) in [6.07, 6.45) is 0. The van der Waals surface area contributed by atoms with Gasteiger partial charge in [0.25, 0.3) is 5.91 Å². The minimum Gasteiger partial charge on any atom is -0.392 e. The summed E-state index contributed by atoms with van der Waals surface area (Å²) in [5.41, 5.74) is 0.238. The highest BCUT2D eigenvalue weighted by Gasteiger charge is 2.29. The molecule has 0 unspecified atom stereocenters. The zero-order chi connectivity index (χ0) is 20.3. The molecule has 0 aliphatic carbocycles. The quantitative estimate of drug-likeness (QED) is 0.764. The number of hydrogen-bond donors (Lipinski definition) is 2. The molecule has 1 saturated heterocycles. The van der Waals surface area contributed by atoms with E-state index in [-0.39, 0.29) is 21.7 Å². The molecule has 3 rings (SSSR count). The van der Waals surface area contributed by atoms with Crippen LogP contribution in [-0.4, -0.2) is 48.3 Å².